The summed E-state index contributed by atoms with van der Waals surface area (Å²) in [5.74, 6) is 0.532. The Bertz CT molecular complexity index is 461. The molecule has 1 aliphatic carbocycles. The standard InChI is InChI=1S/C18H28N2O3/c1-23-13-16(21)12-19-18(22)20-17(15-9-5-6-10-15)11-14-7-3-2-4-8-14/h2-4,7-8,15-17,21H,5-6,9-13H2,1H3,(H2,19,20,22). The zero-order valence-electron chi connectivity index (χ0n) is 13.8. The van der Waals surface area contributed by atoms with E-state index in [4.69, 9.17) is 4.74 Å². The first-order valence-electron chi connectivity index (χ1n) is 8.44. The molecule has 0 saturated heterocycles. The van der Waals surface area contributed by atoms with Crippen LogP contribution in [0.1, 0.15) is 31.2 Å². The molecule has 1 saturated carbocycles. The van der Waals surface area contributed by atoms with Gasteiger partial charge in [0, 0.05) is 19.7 Å². The van der Waals surface area contributed by atoms with E-state index in [1.807, 2.05) is 18.2 Å². The van der Waals surface area contributed by atoms with E-state index in [1.165, 1.54) is 38.4 Å². The van der Waals surface area contributed by atoms with Crippen LogP contribution in [-0.4, -0.2) is 43.5 Å². The molecule has 2 amide bonds. The second-order valence-electron chi connectivity index (χ2n) is 6.30. The summed E-state index contributed by atoms with van der Waals surface area (Å²) in [6.45, 7) is 0.415. The van der Waals surface area contributed by atoms with E-state index in [0.29, 0.717) is 5.92 Å². The van der Waals surface area contributed by atoms with Gasteiger partial charge in [0.1, 0.15) is 0 Å². The monoisotopic (exact) mass is 320 g/mol. The maximum Gasteiger partial charge on any atom is 0.315 e. The first-order chi connectivity index (χ1) is 11.2. The molecule has 128 valence electrons. The molecule has 0 aliphatic heterocycles. The molecule has 2 rings (SSSR count). The van der Waals surface area contributed by atoms with Gasteiger partial charge in [0.05, 0.1) is 12.7 Å². The van der Waals surface area contributed by atoms with Crippen molar-refractivity contribution in [3.8, 4) is 0 Å². The third-order valence-electron chi connectivity index (χ3n) is 4.44. The molecule has 3 N–H and O–H groups in total. The number of benzene rings is 1. The number of methoxy groups -OCH3 is 1. The summed E-state index contributed by atoms with van der Waals surface area (Å²) in [6.07, 6.45) is 5.00. The van der Waals surface area contributed by atoms with E-state index in [-0.39, 0.29) is 25.2 Å². The van der Waals surface area contributed by atoms with Crippen LogP contribution in [0.25, 0.3) is 0 Å². The number of aliphatic hydroxyl groups is 1. The van der Waals surface area contributed by atoms with Crippen molar-refractivity contribution in [1.29, 1.82) is 0 Å². The lowest BCUT2D eigenvalue weighted by Crippen LogP contribution is -2.48. The van der Waals surface area contributed by atoms with Crippen molar-refractivity contribution < 1.29 is 14.6 Å². The predicted octanol–water partition coefficient (Wildman–Crippen LogP) is 2.09. The minimum absolute atomic E-state index is 0.138. The Kier molecular flexibility index (Phi) is 7.36. The highest BCUT2D eigenvalue weighted by molar-refractivity contribution is 5.74. The first-order valence-corrected chi connectivity index (χ1v) is 8.44. The second kappa shape index (κ2) is 9.53. The summed E-state index contributed by atoms with van der Waals surface area (Å²) in [7, 11) is 1.53. The number of rotatable bonds is 8. The van der Waals surface area contributed by atoms with Crippen LogP contribution in [0.5, 0.6) is 0 Å². The van der Waals surface area contributed by atoms with Crippen LogP contribution >= 0.6 is 0 Å². The van der Waals surface area contributed by atoms with Gasteiger partial charge in [-0.15, -0.1) is 0 Å². The van der Waals surface area contributed by atoms with Gasteiger partial charge in [-0.05, 0) is 30.7 Å². The Morgan fingerprint density at radius 2 is 2.00 bits per heavy atom. The average molecular weight is 320 g/mol. The van der Waals surface area contributed by atoms with Gasteiger partial charge in [0.15, 0.2) is 0 Å². The Labute approximate surface area is 138 Å². The molecule has 1 aliphatic rings. The highest BCUT2D eigenvalue weighted by Crippen LogP contribution is 2.29. The Morgan fingerprint density at radius 3 is 2.65 bits per heavy atom. The van der Waals surface area contributed by atoms with Gasteiger partial charge in [0.25, 0.3) is 0 Å². The zero-order chi connectivity index (χ0) is 16.5. The highest BCUT2D eigenvalue weighted by Gasteiger charge is 2.26. The quantitative estimate of drug-likeness (QED) is 0.687. The van der Waals surface area contributed by atoms with Crippen molar-refractivity contribution in [2.24, 2.45) is 5.92 Å². The lowest BCUT2D eigenvalue weighted by Gasteiger charge is -2.25. The molecular formula is C18H28N2O3. The van der Waals surface area contributed by atoms with Crippen LogP contribution < -0.4 is 10.6 Å². The van der Waals surface area contributed by atoms with Gasteiger partial charge < -0.3 is 20.5 Å². The molecule has 2 unspecified atom stereocenters. The minimum Gasteiger partial charge on any atom is -0.389 e. The summed E-state index contributed by atoms with van der Waals surface area (Å²) in [4.78, 5) is 12.1. The Morgan fingerprint density at radius 1 is 1.30 bits per heavy atom. The second-order valence-corrected chi connectivity index (χ2v) is 6.30. The van der Waals surface area contributed by atoms with Crippen molar-refractivity contribution in [2.45, 2.75) is 44.2 Å². The van der Waals surface area contributed by atoms with Crippen molar-refractivity contribution >= 4 is 6.03 Å². The van der Waals surface area contributed by atoms with E-state index in [9.17, 15) is 9.90 Å². The van der Waals surface area contributed by atoms with E-state index in [2.05, 4.69) is 22.8 Å². The van der Waals surface area contributed by atoms with Gasteiger partial charge in [-0.3, -0.25) is 0 Å². The van der Waals surface area contributed by atoms with Crippen LogP contribution in [0.15, 0.2) is 30.3 Å². The third-order valence-corrected chi connectivity index (χ3v) is 4.44. The number of aliphatic hydroxyl groups excluding tert-OH is 1. The summed E-state index contributed by atoms with van der Waals surface area (Å²) in [5.41, 5.74) is 1.24. The van der Waals surface area contributed by atoms with Gasteiger partial charge >= 0.3 is 6.03 Å². The molecule has 1 aromatic rings. The largest absolute Gasteiger partial charge is 0.389 e. The molecular weight excluding hydrogens is 292 g/mol. The van der Waals surface area contributed by atoms with E-state index in [0.717, 1.165) is 6.42 Å². The van der Waals surface area contributed by atoms with Crippen molar-refractivity contribution in [1.82, 2.24) is 10.6 Å². The summed E-state index contributed by atoms with van der Waals surface area (Å²) in [5, 5.41) is 15.4. The number of urea groups is 1. The van der Waals surface area contributed by atoms with E-state index in [1.54, 1.807) is 0 Å². The number of hydrogen-bond donors (Lipinski definition) is 3. The molecule has 2 atom stereocenters. The molecule has 0 heterocycles. The van der Waals surface area contributed by atoms with Gasteiger partial charge in [0.2, 0.25) is 0 Å². The number of carbonyl (C=O) groups excluding carboxylic acids is 1. The average Bonchev–Trinajstić information content (AvgIpc) is 3.08. The summed E-state index contributed by atoms with van der Waals surface area (Å²) in [6, 6.07) is 10.2. The molecule has 0 spiro atoms. The molecule has 5 heteroatoms. The summed E-state index contributed by atoms with van der Waals surface area (Å²) < 4.78 is 4.86. The number of hydrogen-bond acceptors (Lipinski definition) is 3. The van der Waals surface area contributed by atoms with Gasteiger partial charge in [-0.2, -0.15) is 0 Å². The topological polar surface area (TPSA) is 70.6 Å². The lowest BCUT2D eigenvalue weighted by molar-refractivity contribution is 0.0658. The fourth-order valence-electron chi connectivity index (χ4n) is 3.24. The number of amides is 2. The number of ether oxygens (including phenoxy) is 1. The number of carbonyl (C=O) groups is 1. The Hall–Kier alpha value is -1.59. The Balaban J connectivity index is 1.88. The molecule has 1 aromatic carbocycles. The van der Waals surface area contributed by atoms with Crippen molar-refractivity contribution in [3.05, 3.63) is 35.9 Å². The highest BCUT2D eigenvalue weighted by atomic mass is 16.5. The minimum atomic E-state index is -0.676. The maximum atomic E-state index is 12.1. The van der Waals surface area contributed by atoms with E-state index < -0.39 is 6.10 Å². The first kappa shape index (κ1) is 17.8. The SMILES string of the molecule is COCC(O)CNC(=O)NC(Cc1ccccc1)C1CCCC1. The fourth-order valence-corrected chi connectivity index (χ4v) is 3.24. The van der Waals surface area contributed by atoms with Crippen LogP contribution in [-0.2, 0) is 11.2 Å². The predicted molar refractivity (Wildman–Crippen MR) is 90.3 cm³/mol. The van der Waals surface area contributed by atoms with Gasteiger partial charge in [-0.1, -0.05) is 43.2 Å². The summed E-state index contributed by atoms with van der Waals surface area (Å²) >= 11 is 0. The van der Waals surface area contributed by atoms with Crippen LogP contribution in [0, 0.1) is 5.92 Å². The molecule has 1 fully saturated rings. The lowest BCUT2D eigenvalue weighted by atomic mass is 9.92. The molecule has 0 bridgehead atoms. The normalized spacial score (nSPS) is 17.7. The molecule has 0 aromatic heterocycles. The number of nitrogens with one attached hydrogen (secondary N) is 2. The van der Waals surface area contributed by atoms with E-state index >= 15 is 0 Å². The molecule has 5 nitrogen and oxygen atoms in total. The van der Waals surface area contributed by atoms with Crippen molar-refractivity contribution in [2.75, 3.05) is 20.3 Å². The van der Waals surface area contributed by atoms with Gasteiger partial charge in [-0.25, -0.2) is 4.79 Å². The van der Waals surface area contributed by atoms with Crippen molar-refractivity contribution in [3.63, 3.8) is 0 Å². The third kappa shape index (κ3) is 6.20. The molecule has 23 heavy (non-hydrogen) atoms. The maximum absolute atomic E-state index is 12.1. The molecule has 0 radical (unpaired) electrons. The smallest absolute Gasteiger partial charge is 0.315 e. The van der Waals surface area contributed by atoms with Crippen LogP contribution in [0.2, 0.25) is 0 Å². The van der Waals surface area contributed by atoms with Crippen LogP contribution in [0.3, 0.4) is 0 Å². The fraction of sp³-hybridized carbons (Fsp3) is 0.611. The van der Waals surface area contributed by atoms with Crippen LogP contribution in [0.4, 0.5) is 4.79 Å². The zero-order valence-corrected chi connectivity index (χ0v) is 13.8.